The predicted molar refractivity (Wildman–Crippen MR) is 45.1 cm³/mol. The van der Waals surface area contributed by atoms with Crippen molar-refractivity contribution < 1.29 is 24.1 Å². The van der Waals surface area contributed by atoms with Gasteiger partial charge in [-0.1, -0.05) is 0 Å². The number of ether oxygens (including phenoxy) is 3. The van der Waals surface area contributed by atoms with Crippen molar-refractivity contribution in [3.8, 4) is 0 Å². The van der Waals surface area contributed by atoms with Crippen LogP contribution in [0.2, 0.25) is 0 Å². The van der Waals surface area contributed by atoms with Crippen LogP contribution in [0.5, 0.6) is 0 Å². The molecule has 0 unspecified atom stereocenters. The van der Waals surface area contributed by atoms with Crippen LogP contribution >= 0.6 is 0 Å². The highest BCUT2D eigenvalue weighted by atomic mass is 16.7. The number of methoxy groups -OCH3 is 2. The summed E-state index contributed by atoms with van der Waals surface area (Å²) in [7, 11) is 2.73. The molecule has 0 bridgehead atoms. The lowest BCUT2D eigenvalue weighted by Gasteiger charge is -2.14. The topological polar surface area (TPSA) is 65.0 Å². The second-order valence-corrected chi connectivity index (χ2v) is 2.66. The van der Waals surface area contributed by atoms with Crippen LogP contribution in [0.1, 0.15) is 13.3 Å². The molecule has 0 rings (SSSR count). The number of esters is 1. The number of carbonyl (C=O) groups excluding carboxylic acids is 1. The zero-order valence-electron chi connectivity index (χ0n) is 8.15. The smallest absolute Gasteiger partial charge is 0.334 e. The normalized spacial score (nSPS) is 15.1. The molecule has 2 atom stereocenters. The first kappa shape index (κ1) is 12.3. The molecule has 5 heteroatoms. The van der Waals surface area contributed by atoms with E-state index in [9.17, 15) is 9.90 Å². The minimum absolute atomic E-state index is 0.148. The second-order valence-electron chi connectivity index (χ2n) is 2.66. The summed E-state index contributed by atoms with van der Waals surface area (Å²) in [5.41, 5.74) is 0. The minimum atomic E-state index is -1.13. The largest absolute Gasteiger partial charge is 0.467 e. The van der Waals surface area contributed by atoms with Crippen LogP contribution in [0.3, 0.4) is 0 Å². The Morgan fingerprint density at radius 1 is 1.46 bits per heavy atom. The summed E-state index contributed by atoms with van der Waals surface area (Å²) < 4.78 is 14.1. The van der Waals surface area contributed by atoms with Crippen LogP contribution in [-0.4, -0.2) is 44.3 Å². The molecule has 0 amide bonds. The van der Waals surface area contributed by atoms with Gasteiger partial charge in [0.25, 0.3) is 0 Å². The molecule has 13 heavy (non-hydrogen) atoms. The summed E-state index contributed by atoms with van der Waals surface area (Å²) in [5.74, 6) is -0.645. The predicted octanol–water partition coefficient (Wildman–Crippen LogP) is -0.0806. The molecule has 0 heterocycles. The van der Waals surface area contributed by atoms with E-state index in [4.69, 9.17) is 4.74 Å². The Morgan fingerprint density at radius 2 is 2.08 bits per heavy atom. The third-order valence-electron chi connectivity index (χ3n) is 1.50. The Bertz CT molecular complexity index is 147. The lowest BCUT2D eigenvalue weighted by Crippen LogP contribution is -2.27. The molecule has 0 fully saturated rings. The fourth-order valence-electron chi connectivity index (χ4n) is 0.799. The average molecular weight is 192 g/mol. The Kier molecular flexibility index (Phi) is 6.48. The van der Waals surface area contributed by atoms with Crippen LogP contribution in [-0.2, 0) is 19.0 Å². The van der Waals surface area contributed by atoms with Crippen LogP contribution in [0.25, 0.3) is 0 Å². The quantitative estimate of drug-likeness (QED) is 0.471. The first-order valence-electron chi connectivity index (χ1n) is 3.98. The molecule has 0 aliphatic rings. The molecule has 0 spiro atoms. The summed E-state index contributed by atoms with van der Waals surface area (Å²) in [6.45, 7) is 1.89. The highest BCUT2D eigenvalue weighted by Crippen LogP contribution is 2.03. The van der Waals surface area contributed by atoms with Gasteiger partial charge in [0.2, 0.25) is 0 Å². The number of hydrogen-bond acceptors (Lipinski definition) is 5. The molecule has 0 aliphatic carbocycles. The van der Waals surface area contributed by atoms with Crippen LogP contribution in [0, 0.1) is 0 Å². The van der Waals surface area contributed by atoms with E-state index in [0.717, 1.165) is 0 Å². The van der Waals surface area contributed by atoms with E-state index in [0.29, 0.717) is 0 Å². The van der Waals surface area contributed by atoms with Crippen molar-refractivity contribution >= 4 is 5.97 Å². The summed E-state index contributed by atoms with van der Waals surface area (Å²) in [4.78, 5) is 10.8. The number of hydrogen-bond donors (Lipinski definition) is 1. The van der Waals surface area contributed by atoms with Crippen molar-refractivity contribution in [3.63, 3.8) is 0 Å². The summed E-state index contributed by atoms with van der Waals surface area (Å²) in [6, 6.07) is 0. The van der Waals surface area contributed by atoms with Crippen molar-refractivity contribution in [2.45, 2.75) is 25.6 Å². The summed E-state index contributed by atoms with van der Waals surface area (Å²) >= 11 is 0. The van der Waals surface area contributed by atoms with Gasteiger partial charge in [-0.15, -0.1) is 0 Å². The lowest BCUT2D eigenvalue weighted by atomic mass is 10.2. The Hall–Kier alpha value is -0.650. The summed E-state index contributed by atoms with van der Waals surface area (Å²) in [6.07, 6.45) is -1.17. The fraction of sp³-hybridized carbons (Fsp3) is 0.875. The molecule has 5 nitrogen and oxygen atoms in total. The van der Waals surface area contributed by atoms with Gasteiger partial charge in [0.1, 0.15) is 6.79 Å². The van der Waals surface area contributed by atoms with Gasteiger partial charge in [-0.3, -0.25) is 0 Å². The molecular weight excluding hydrogens is 176 g/mol. The monoisotopic (exact) mass is 192 g/mol. The molecule has 78 valence electrons. The molecule has 0 saturated heterocycles. The van der Waals surface area contributed by atoms with Crippen LogP contribution < -0.4 is 0 Å². The van der Waals surface area contributed by atoms with Gasteiger partial charge in [0, 0.05) is 13.5 Å². The van der Waals surface area contributed by atoms with E-state index < -0.39 is 12.1 Å². The van der Waals surface area contributed by atoms with Gasteiger partial charge in [-0.2, -0.15) is 0 Å². The highest BCUT2D eigenvalue weighted by Gasteiger charge is 2.18. The van der Waals surface area contributed by atoms with E-state index >= 15 is 0 Å². The number of rotatable bonds is 6. The molecular formula is C8H16O5. The third kappa shape index (κ3) is 5.57. The average Bonchev–Trinajstić information content (AvgIpc) is 2.13. The van der Waals surface area contributed by atoms with Gasteiger partial charge < -0.3 is 19.3 Å². The second kappa shape index (κ2) is 6.82. The molecule has 0 aromatic heterocycles. The zero-order chi connectivity index (χ0) is 10.3. The lowest BCUT2D eigenvalue weighted by molar-refractivity contribution is -0.153. The van der Waals surface area contributed by atoms with Crippen molar-refractivity contribution in [2.75, 3.05) is 21.0 Å². The van der Waals surface area contributed by atoms with E-state index in [2.05, 4.69) is 9.47 Å². The standard InChI is InChI=1S/C8H16O5/c1-6(13-5-11-2)4-7(9)8(10)12-3/h6-7,9H,4-5H2,1-3H3/t6-,7-/m0/s1. The maximum absolute atomic E-state index is 10.8. The molecule has 1 N–H and O–H groups in total. The third-order valence-corrected chi connectivity index (χ3v) is 1.50. The van der Waals surface area contributed by atoms with Crippen LogP contribution in [0.4, 0.5) is 0 Å². The number of carbonyl (C=O) groups is 1. The van der Waals surface area contributed by atoms with Crippen LogP contribution in [0.15, 0.2) is 0 Å². The zero-order valence-corrected chi connectivity index (χ0v) is 8.15. The molecule has 0 aliphatic heterocycles. The van der Waals surface area contributed by atoms with E-state index in [1.54, 1.807) is 6.92 Å². The van der Waals surface area contributed by atoms with Gasteiger partial charge in [-0.25, -0.2) is 4.79 Å². The number of aliphatic hydroxyl groups is 1. The Morgan fingerprint density at radius 3 is 2.54 bits per heavy atom. The van der Waals surface area contributed by atoms with E-state index in [1.807, 2.05) is 0 Å². The van der Waals surface area contributed by atoms with Crippen molar-refractivity contribution in [3.05, 3.63) is 0 Å². The fourth-order valence-corrected chi connectivity index (χ4v) is 0.799. The minimum Gasteiger partial charge on any atom is -0.467 e. The summed E-state index contributed by atoms with van der Waals surface area (Å²) in [5, 5.41) is 9.19. The van der Waals surface area contributed by atoms with Gasteiger partial charge in [-0.05, 0) is 6.92 Å². The first-order valence-corrected chi connectivity index (χ1v) is 3.98. The van der Waals surface area contributed by atoms with E-state index in [-0.39, 0.29) is 19.3 Å². The van der Waals surface area contributed by atoms with E-state index in [1.165, 1.54) is 14.2 Å². The van der Waals surface area contributed by atoms with Gasteiger partial charge >= 0.3 is 5.97 Å². The van der Waals surface area contributed by atoms with Gasteiger partial charge in [0.15, 0.2) is 6.10 Å². The first-order chi connectivity index (χ1) is 6.11. The maximum atomic E-state index is 10.8. The number of aliphatic hydroxyl groups excluding tert-OH is 1. The molecule has 0 radical (unpaired) electrons. The molecule has 0 aromatic carbocycles. The highest BCUT2D eigenvalue weighted by molar-refractivity contribution is 5.74. The molecule has 0 saturated carbocycles. The SMILES string of the molecule is COCO[C@@H](C)C[C@H](O)C(=O)OC. The van der Waals surface area contributed by atoms with Crippen molar-refractivity contribution in [1.29, 1.82) is 0 Å². The van der Waals surface area contributed by atoms with Crippen molar-refractivity contribution in [1.82, 2.24) is 0 Å². The Labute approximate surface area is 77.6 Å². The molecule has 0 aromatic rings. The Balaban J connectivity index is 3.64. The van der Waals surface area contributed by atoms with Gasteiger partial charge in [0.05, 0.1) is 13.2 Å². The maximum Gasteiger partial charge on any atom is 0.334 e. The van der Waals surface area contributed by atoms with Crippen molar-refractivity contribution in [2.24, 2.45) is 0 Å².